The molecule has 0 radical (unpaired) electrons. The van der Waals surface area contributed by atoms with Crippen molar-refractivity contribution < 1.29 is 4.74 Å². The maximum atomic E-state index is 5.68. The Hall–Kier alpha value is -1.95. The molecular formula is C14H21N5O. The summed E-state index contributed by atoms with van der Waals surface area (Å²) in [7, 11) is 0. The van der Waals surface area contributed by atoms with Crippen LogP contribution in [0.3, 0.4) is 0 Å². The molecule has 0 amide bonds. The van der Waals surface area contributed by atoms with Crippen molar-refractivity contribution in [3.63, 3.8) is 0 Å². The van der Waals surface area contributed by atoms with Crippen molar-refractivity contribution in [3.05, 3.63) is 24.3 Å². The Bertz CT molecular complexity index is 509. The van der Waals surface area contributed by atoms with Crippen LogP contribution in [-0.4, -0.2) is 33.4 Å². The van der Waals surface area contributed by atoms with Crippen LogP contribution in [0.4, 0.5) is 5.69 Å². The Kier molecular flexibility index (Phi) is 5.49. The zero-order chi connectivity index (χ0) is 14.2. The van der Waals surface area contributed by atoms with Gasteiger partial charge in [-0.1, -0.05) is 13.3 Å². The number of hydrogen-bond acceptors (Lipinski definition) is 5. The quantitative estimate of drug-likeness (QED) is 0.589. The average molecular weight is 275 g/mol. The molecular weight excluding hydrogens is 254 g/mol. The van der Waals surface area contributed by atoms with Gasteiger partial charge in [0.2, 0.25) is 0 Å². The first kappa shape index (κ1) is 14.5. The van der Waals surface area contributed by atoms with E-state index in [9.17, 15) is 0 Å². The fraction of sp³-hybridized carbons (Fsp3) is 0.500. The van der Waals surface area contributed by atoms with Crippen LogP contribution < -0.4 is 5.73 Å². The molecule has 6 nitrogen and oxygen atoms in total. The van der Waals surface area contributed by atoms with Gasteiger partial charge in [0.25, 0.3) is 0 Å². The number of aryl methyl sites for hydroxylation is 1. The van der Waals surface area contributed by atoms with Crippen molar-refractivity contribution in [2.75, 3.05) is 18.9 Å². The van der Waals surface area contributed by atoms with Gasteiger partial charge in [0.05, 0.1) is 0 Å². The van der Waals surface area contributed by atoms with Crippen LogP contribution in [0.25, 0.3) is 11.4 Å². The van der Waals surface area contributed by atoms with E-state index in [1.54, 1.807) is 4.68 Å². The molecule has 0 spiro atoms. The Labute approximate surface area is 118 Å². The van der Waals surface area contributed by atoms with Crippen molar-refractivity contribution in [2.24, 2.45) is 0 Å². The third-order valence-corrected chi connectivity index (χ3v) is 3.00. The van der Waals surface area contributed by atoms with Gasteiger partial charge in [0, 0.05) is 31.0 Å². The van der Waals surface area contributed by atoms with Gasteiger partial charge in [-0.25, -0.2) is 4.68 Å². The number of nitrogens with two attached hydrogens (primary N) is 1. The van der Waals surface area contributed by atoms with Gasteiger partial charge < -0.3 is 10.5 Å². The number of unbranched alkanes of at least 4 members (excludes halogenated alkanes) is 1. The maximum absolute atomic E-state index is 5.68. The Morgan fingerprint density at radius 1 is 1.15 bits per heavy atom. The molecule has 2 aromatic rings. The molecule has 1 aromatic heterocycles. The van der Waals surface area contributed by atoms with Crippen LogP contribution in [0.15, 0.2) is 24.3 Å². The number of ether oxygens (including phenoxy) is 1. The molecule has 0 fully saturated rings. The van der Waals surface area contributed by atoms with E-state index < -0.39 is 0 Å². The van der Waals surface area contributed by atoms with Crippen LogP contribution in [0.1, 0.15) is 26.2 Å². The number of nitrogen functional groups attached to an aromatic ring is 1. The Morgan fingerprint density at radius 3 is 2.65 bits per heavy atom. The summed E-state index contributed by atoms with van der Waals surface area (Å²) in [6, 6.07) is 7.55. The molecule has 1 aromatic carbocycles. The zero-order valence-electron chi connectivity index (χ0n) is 11.8. The van der Waals surface area contributed by atoms with Crippen molar-refractivity contribution >= 4 is 5.69 Å². The fourth-order valence-electron chi connectivity index (χ4n) is 1.86. The van der Waals surface area contributed by atoms with Crippen LogP contribution >= 0.6 is 0 Å². The minimum Gasteiger partial charge on any atom is -0.399 e. The van der Waals surface area contributed by atoms with E-state index in [2.05, 4.69) is 22.4 Å². The molecule has 0 aliphatic rings. The van der Waals surface area contributed by atoms with Gasteiger partial charge in [0.15, 0.2) is 5.82 Å². The van der Waals surface area contributed by atoms with Gasteiger partial charge >= 0.3 is 0 Å². The molecule has 0 unspecified atom stereocenters. The highest BCUT2D eigenvalue weighted by atomic mass is 16.5. The molecule has 2 rings (SSSR count). The first-order valence-corrected chi connectivity index (χ1v) is 7.01. The van der Waals surface area contributed by atoms with Gasteiger partial charge in [-0.3, -0.25) is 0 Å². The second-order valence-electron chi connectivity index (χ2n) is 4.67. The summed E-state index contributed by atoms with van der Waals surface area (Å²) in [5.41, 5.74) is 7.38. The number of benzene rings is 1. The topological polar surface area (TPSA) is 78.8 Å². The van der Waals surface area contributed by atoms with E-state index >= 15 is 0 Å². The third kappa shape index (κ3) is 4.03. The molecule has 6 heteroatoms. The number of anilines is 1. The number of hydrogen-bond donors (Lipinski definition) is 1. The van der Waals surface area contributed by atoms with E-state index in [4.69, 9.17) is 10.5 Å². The molecule has 0 bridgehead atoms. The standard InChI is InChI=1S/C14H21N5O/c1-2-3-10-20-11-4-9-19-14(16-17-18-19)12-5-7-13(15)8-6-12/h5-8H,2-4,9-11,15H2,1H3. The summed E-state index contributed by atoms with van der Waals surface area (Å²) in [6.45, 7) is 4.47. The minimum atomic E-state index is 0.733. The Morgan fingerprint density at radius 2 is 1.90 bits per heavy atom. The van der Waals surface area contributed by atoms with Crippen molar-refractivity contribution in [1.29, 1.82) is 0 Å². The highest BCUT2D eigenvalue weighted by Crippen LogP contribution is 2.17. The first-order chi connectivity index (χ1) is 9.81. The Balaban J connectivity index is 1.87. The van der Waals surface area contributed by atoms with E-state index in [1.165, 1.54) is 0 Å². The highest BCUT2D eigenvalue weighted by Gasteiger charge is 2.08. The van der Waals surface area contributed by atoms with Crippen LogP contribution in [0, 0.1) is 0 Å². The van der Waals surface area contributed by atoms with Gasteiger partial charge in [-0.15, -0.1) is 5.10 Å². The summed E-state index contributed by atoms with van der Waals surface area (Å²) in [6.07, 6.45) is 3.17. The van der Waals surface area contributed by atoms with Gasteiger partial charge in [-0.05, 0) is 47.5 Å². The zero-order valence-corrected chi connectivity index (χ0v) is 11.8. The van der Waals surface area contributed by atoms with Crippen LogP contribution in [0.2, 0.25) is 0 Å². The molecule has 2 N–H and O–H groups in total. The second-order valence-corrected chi connectivity index (χ2v) is 4.67. The molecule has 20 heavy (non-hydrogen) atoms. The number of nitrogens with zero attached hydrogens (tertiary/aromatic N) is 4. The predicted molar refractivity (Wildman–Crippen MR) is 78.0 cm³/mol. The lowest BCUT2D eigenvalue weighted by molar-refractivity contribution is 0.125. The van der Waals surface area contributed by atoms with E-state index in [0.717, 1.165) is 56.1 Å². The molecule has 0 saturated carbocycles. The lowest BCUT2D eigenvalue weighted by Crippen LogP contribution is -2.06. The summed E-state index contributed by atoms with van der Waals surface area (Å²) in [5, 5.41) is 11.8. The second kappa shape index (κ2) is 7.59. The largest absolute Gasteiger partial charge is 0.399 e. The molecule has 0 aliphatic carbocycles. The van der Waals surface area contributed by atoms with E-state index in [-0.39, 0.29) is 0 Å². The van der Waals surface area contributed by atoms with E-state index in [1.807, 2.05) is 24.3 Å². The number of aromatic nitrogens is 4. The molecule has 1 heterocycles. The van der Waals surface area contributed by atoms with Crippen molar-refractivity contribution in [2.45, 2.75) is 32.7 Å². The lowest BCUT2D eigenvalue weighted by atomic mass is 10.2. The SMILES string of the molecule is CCCCOCCCn1nnnc1-c1ccc(N)cc1. The smallest absolute Gasteiger partial charge is 0.182 e. The first-order valence-electron chi connectivity index (χ1n) is 7.01. The normalized spacial score (nSPS) is 10.8. The fourth-order valence-corrected chi connectivity index (χ4v) is 1.86. The third-order valence-electron chi connectivity index (χ3n) is 3.00. The highest BCUT2D eigenvalue weighted by molar-refractivity contribution is 5.58. The summed E-state index contributed by atoms with van der Waals surface area (Å²) in [4.78, 5) is 0. The van der Waals surface area contributed by atoms with Crippen LogP contribution in [0.5, 0.6) is 0 Å². The monoisotopic (exact) mass is 275 g/mol. The summed E-state index contributed by atoms with van der Waals surface area (Å²) < 4.78 is 7.34. The molecule has 0 aliphatic heterocycles. The molecule has 108 valence electrons. The summed E-state index contributed by atoms with van der Waals surface area (Å²) >= 11 is 0. The van der Waals surface area contributed by atoms with Gasteiger partial charge in [0.1, 0.15) is 0 Å². The van der Waals surface area contributed by atoms with Gasteiger partial charge in [-0.2, -0.15) is 0 Å². The van der Waals surface area contributed by atoms with Crippen molar-refractivity contribution in [1.82, 2.24) is 20.2 Å². The average Bonchev–Trinajstić information content (AvgIpc) is 2.92. The lowest BCUT2D eigenvalue weighted by Gasteiger charge is -2.06. The predicted octanol–water partition coefficient (Wildman–Crippen LogP) is 2.13. The molecule has 0 saturated heterocycles. The van der Waals surface area contributed by atoms with E-state index in [0.29, 0.717) is 0 Å². The number of rotatable bonds is 8. The number of tetrazole rings is 1. The minimum absolute atomic E-state index is 0.733. The summed E-state index contributed by atoms with van der Waals surface area (Å²) in [5.74, 6) is 0.763. The van der Waals surface area contributed by atoms with Crippen molar-refractivity contribution in [3.8, 4) is 11.4 Å². The molecule has 0 atom stereocenters. The van der Waals surface area contributed by atoms with Crippen LogP contribution in [-0.2, 0) is 11.3 Å². The maximum Gasteiger partial charge on any atom is 0.182 e.